The molecule has 6 aromatic rings. The Labute approximate surface area is 283 Å². The van der Waals surface area contributed by atoms with E-state index in [0.717, 1.165) is 28.8 Å². The van der Waals surface area contributed by atoms with Crippen molar-refractivity contribution in [3.8, 4) is 45.5 Å². The zero-order valence-corrected chi connectivity index (χ0v) is 26.1. The van der Waals surface area contributed by atoms with Crippen molar-refractivity contribution in [1.29, 1.82) is 0 Å². The molecule has 1 aliphatic carbocycles. The molecule has 0 aliphatic heterocycles. The monoisotopic (exact) mass is 746 g/mol. The van der Waals surface area contributed by atoms with E-state index in [1.54, 1.807) is 6.07 Å². The van der Waals surface area contributed by atoms with E-state index in [0.29, 0.717) is 11.3 Å². The first-order valence-electron chi connectivity index (χ1n) is 14.5. The summed E-state index contributed by atoms with van der Waals surface area (Å²) >= 11 is 0. The Morgan fingerprint density at radius 2 is 1.13 bits per heavy atom. The molecule has 0 saturated heterocycles. The number of hydrogen-bond donors (Lipinski definition) is 0. The van der Waals surface area contributed by atoms with Crippen LogP contribution in [0.3, 0.4) is 0 Å². The molecule has 1 aliphatic rings. The Kier molecular flexibility index (Phi) is 9.17. The van der Waals surface area contributed by atoms with Gasteiger partial charge in [-0.25, -0.2) is 17.6 Å². The van der Waals surface area contributed by atoms with Gasteiger partial charge in [0, 0.05) is 29.7 Å². The summed E-state index contributed by atoms with van der Waals surface area (Å²) in [5, 5.41) is 22.8. The minimum absolute atomic E-state index is 0.0280. The van der Waals surface area contributed by atoms with Gasteiger partial charge < -0.3 is 18.9 Å². The third-order valence-electron chi connectivity index (χ3n) is 7.27. The average Bonchev–Trinajstić information content (AvgIpc) is 3.38. The van der Waals surface area contributed by atoms with Gasteiger partial charge in [-0.15, -0.1) is 46.7 Å². The normalized spacial score (nSPS) is 15.4. The highest BCUT2D eigenvalue weighted by molar-refractivity contribution is 5.70. The van der Waals surface area contributed by atoms with Gasteiger partial charge in [-0.05, 0) is 48.5 Å². The molecule has 7 rings (SSSR count). The van der Waals surface area contributed by atoms with Crippen molar-refractivity contribution in [2.75, 3.05) is 14.2 Å². The Balaban J connectivity index is 0.000000179. The van der Waals surface area contributed by atoms with Gasteiger partial charge >= 0.3 is 12.7 Å². The summed E-state index contributed by atoms with van der Waals surface area (Å²) < 4.78 is 147. The second-order valence-corrected chi connectivity index (χ2v) is 10.7. The fourth-order valence-electron chi connectivity index (χ4n) is 4.91. The summed E-state index contributed by atoms with van der Waals surface area (Å²) in [6.45, 7) is 0. The summed E-state index contributed by atoms with van der Waals surface area (Å²) in [6, 6.07) is 12.8. The maximum atomic E-state index is 13.4. The molecule has 0 bridgehead atoms. The van der Waals surface area contributed by atoms with E-state index >= 15 is 0 Å². The van der Waals surface area contributed by atoms with Crippen LogP contribution in [0.4, 0.5) is 43.9 Å². The lowest BCUT2D eigenvalue weighted by molar-refractivity contribution is -0.275. The molecule has 4 aromatic heterocycles. The Morgan fingerprint density at radius 1 is 0.673 bits per heavy atom. The van der Waals surface area contributed by atoms with Crippen LogP contribution in [0.1, 0.15) is 30.4 Å². The highest BCUT2D eigenvalue weighted by Gasteiger charge is 2.60. The van der Waals surface area contributed by atoms with Gasteiger partial charge in [0.05, 0.1) is 31.5 Å². The van der Waals surface area contributed by atoms with E-state index in [2.05, 4.69) is 40.1 Å². The van der Waals surface area contributed by atoms with E-state index in [9.17, 15) is 43.9 Å². The molecule has 1 saturated carbocycles. The molecule has 52 heavy (non-hydrogen) atoms. The SMILES string of the molecule is COc1cc(OC(F)(F)F)ccc1-c1ccc2nnc(C(F)F)n2n1.COc1cc(OC(F)(F)F)ccc1-c1ccc2nnc(C3CC3(F)F)n2n1. The number of aromatic nitrogens is 8. The van der Waals surface area contributed by atoms with Crippen molar-refractivity contribution in [3.05, 3.63) is 72.3 Å². The average molecular weight is 747 g/mol. The number of alkyl halides is 10. The second kappa shape index (κ2) is 13.3. The van der Waals surface area contributed by atoms with Gasteiger partial charge in [-0.3, -0.25) is 0 Å². The van der Waals surface area contributed by atoms with Crippen LogP contribution in [0.15, 0.2) is 60.7 Å². The van der Waals surface area contributed by atoms with Crippen molar-refractivity contribution in [1.82, 2.24) is 39.6 Å². The summed E-state index contributed by atoms with van der Waals surface area (Å²) in [5.41, 5.74) is 1.51. The van der Waals surface area contributed by atoms with E-state index in [1.165, 1.54) is 49.1 Å². The Hall–Kier alpha value is -5.96. The van der Waals surface area contributed by atoms with Gasteiger partial charge in [0.25, 0.3) is 12.3 Å². The third kappa shape index (κ3) is 7.68. The van der Waals surface area contributed by atoms with Gasteiger partial charge in [0.2, 0.25) is 5.82 Å². The third-order valence-corrected chi connectivity index (χ3v) is 7.27. The van der Waals surface area contributed by atoms with E-state index < -0.39 is 48.3 Å². The second-order valence-electron chi connectivity index (χ2n) is 10.7. The van der Waals surface area contributed by atoms with Crippen LogP contribution in [0.25, 0.3) is 33.8 Å². The van der Waals surface area contributed by atoms with E-state index in [-0.39, 0.29) is 46.3 Å². The van der Waals surface area contributed by atoms with Crippen LogP contribution in [-0.2, 0) is 0 Å². The number of rotatable bonds is 8. The van der Waals surface area contributed by atoms with E-state index in [4.69, 9.17) is 9.47 Å². The first-order chi connectivity index (χ1) is 24.5. The number of halogens is 10. The highest BCUT2D eigenvalue weighted by Crippen LogP contribution is 2.55. The summed E-state index contributed by atoms with van der Waals surface area (Å²) in [5.74, 6) is -5.33. The molecule has 0 amide bonds. The lowest BCUT2D eigenvalue weighted by Crippen LogP contribution is -2.17. The maximum absolute atomic E-state index is 13.4. The molecular weight excluding hydrogens is 726 g/mol. The Bertz CT molecular complexity index is 2240. The molecule has 1 unspecified atom stereocenters. The first-order valence-corrected chi connectivity index (χ1v) is 14.5. The zero-order valence-electron chi connectivity index (χ0n) is 26.1. The Morgan fingerprint density at radius 3 is 1.58 bits per heavy atom. The number of methoxy groups -OCH3 is 2. The molecule has 0 radical (unpaired) electrons. The standard InChI is InChI=1S/C16H11F5N4O2.C14H9F5N4O2/c1-26-12-6-8(27-16(19,20)21)2-3-9(12)11-4-5-13-22-23-14(25(13)24-11)10-7-15(10,17)18;1-24-10-6-7(25-14(17,18)19)2-3-8(10)9-4-5-11-20-21-13(12(15)16)23(11)22-9/h2-6,10H,7H2,1H3;2-6,12H,1H3. The van der Waals surface area contributed by atoms with Gasteiger partial charge in [0.1, 0.15) is 23.0 Å². The smallest absolute Gasteiger partial charge is 0.496 e. The predicted molar refractivity (Wildman–Crippen MR) is 156 cm³/mol. The molecule has 274 valence electrons. The number of benzene rings is 2. The van der Waals surface area contributed by atoms with Gasteiger partial charge in [-0.1, -0.05) is 0 Å². The summed E-state index contributed by atoms with van der Waals surface area (Å²) in [7, 11) is 2.53. The predicted octanol–water partition coefficient (Wildman–Crippen LogP) is 7.46. The molecule has 1 atom stereocenters. The number of nitrogens with zero attached hydrogens (tertiary/aromatic N) is 8. The topological polar surface area (TPSA) is 123 Å². The quantitative estimate of drug-likeness (QED) is 0.145. The minimum atomic E-state index is -4.85. The van der Waals surface area contributed by atoms with Gasteiger partial charge in [-0.2, -0.15) is 19.2 Å². The fraction of sp³-hybridized carbons (Fsp3) is 0.267. The summed E-state index contributed by atoms with van der Waals surface area (Å²) in [4.78, 5) is 0. The molecular formula is C30H20F10N8O4. The van der Waals surface area contributed by atoms with Crippen LogP contribution >= 0.6 is 0 Å². The van der Waals surface area contributed by atoms with Crippen molar-refractivity contribution in [2.45, 2.75) is 37.4 Å². The molecule has 0 spiro atoms. The van der Waals surface area contributed by atoms with Crippen LogP contribution in [-0.4, -0.2) is 72.5 Å². The summed E-state index contributed by atoms with van der Waals surface area (Å²) in [6.07, 6.45) is -12.9. The van der Waals surface area contributed by atoms with Crippen molar-refractivity contribution in [2.24, 2.45) is 0 Å². The number of hydrogen-bond acceptors (Lipinski definition) is 10. The largest absolute Gasteiger partial charge is 0.573 e. The number of ether oxygens (including phenoxy) is 4. The van der Waals surface area contributed by atoms with Crippen LogP contribution in [0.2, 0.25) is 0 Å². The highest BCUT2D eigenvalue weighted by atomic mass is 19.4. The van der Waals surface area contributed by atoms with Crippen LogP contribution < -0.4 is 18.9 Å². The zero-order chi connectivity index (χ0) is 37.6. The minimum Gasteiger partial charge on any atom is -0.496 e. The lowest BCUT2D eigenvalue weighted by Gasteiger charge is -2.13. The van der Waals surface area contributed by atoms with Crippen molar-refractivity contribution in [3.63, 3.8) is 0 Å². The molecule has 0 N–H and O–H groups in total. The van der Waals surface area contributed by atoms with Crippen LogP contribution in [0.5, 0.6) is 23.0 Å². The van der Waals surface area contributed by atoms with Crippen molar-refractivity contribution >= 4 is 11.3 Å². The molecule has 2 aromatic carbocycles. The van der Waals surface area contributed by atoms with E-state index in [1.807, 2.05) is 0 Å². The molecule has 22 heteroatoms. The van der Waals surface area contributed by atoms with Gasteiger partial charge in [0.15, 0.2) is 17.1 Å². The molecule has 12 nitrogen and oxygen atoms in total. The fourth-order valence-corrected chi connectivity index (χ4v) is 4.91. The maximum Gasteiger partial charge on any atom is 0.573 e. The van der Waals surface area contributed by atoms with Crippen molar-refractivity contribution < 1.29 is 62.9 Å². The molecule has 4 heterocycles. The molecule has 1 fully saturated rings. The first kappa shape index (κ1) is 35.9. The van der Waals surface area contributed by atoms with Crippen LogP contribution in [0, 0.1) is 0 Å². The lowest BCUT2D eigenvalue weighted by atomic mass is 10.1. The number of fused-ring (bicyclic) bond motifs is 2.